The highest BCUT2D eigenvalue weighted by atomic mass is 32.2. The first-order valence-electron chi connectivity index (χ1n) is 11.5. The van der Waals surface area contributed by atoms with E-state index in [9.17, 15) is 9.59 Å². The lowest BCUT2D eigenvalue weighted by molar-refractivity contribution is -0.113. The van der Waals surface area contributed by atoms with E-state index in [-0.39, 0.29) is 17.2 Å². The van der Waals surface area contributed by atoms with E-state index in [1.165, 1.54) is 22.2 Å². The lowest BCUT2D eigenvalue weighted by atomic mass is 9.89. The van der Waals surface area contributed by atoms with Crippen molar-refractivity contribution in [3.8, 4) is 0 Å². The molecule has 0 saturated heterocycles. The van der Waals surface area contributed by atoms with Crippen LogP contribution in [0.3, 0.4) is 0 Å². The summed E-state index contributed by atoms with van der Waals surface area (Å²) in [6, 6.07) is 6.17. The molecule has 2 aromatic heterocycles. The Bertz CT molecular complexity index is 1190. The molecule has 0 aliphatic heterocycles. The van der Waals surface area contributed by atoms with Crippen molar-refractivity contribution in [3.05, 3.63) is 50.1 Å². The zero-order valence-corrected chi connectivity index (χ0v) is 20.9. The van der Waals surface area contributed by atoms with Gasteiger partial charge in [0.2, 0.25) is 5.91 Å². The first-order chi connectivity index (χ1) is 15.5. The number of benzene rings is 1. The maximum absolute atomic E-state index is 13.3. The molecular formula is C25H31N3O2S2. The van der Waals surface area contributed by atoms with E-state index >= 15 is 0 Å². The van der Waals surface area contributed by atoms with Crippen molar-refractivity contribution in [2.45, 2.75) is 71.5 Å². The number of carbonyl (C=O) groups is 1. The number of rotatable bonds is 7. The highest BCUT2D eigenvalue weighted by Gasteiger charge is 2.24. The van der Waals surface area contributed by atoms with Gasteiger partial charge in [0.1, 0.15) is 4.83 Å². The van der Waals surface area contributed by atoms with Crippen molar-refractivity contribution in [1.82, 2.24) is 9.55 Å². The second-order valence-corrected chi connectivity index (χ2v) is 10.5. The molecule has 1 atom stereocenters. The first-order valence-corrected chi connectivity index (χ1v) is 13.3. The van der Waals surface area contributed by atoms with E-state index in [0.29, 0.717) is 17.6 Å². The standard InChI is InChI=1S/C25H31N3O2S2/c1-5-16-9-8-10-17(6-2)22(16)26-20(29)14-31-25-27-23-21(24(30)28(25)7-3)18-12-11-15(4)13-19(18)32-23/h8-10,15H,5-7,11-14H2,1-4H3,(H,26,29). The second-order valence-electron chi connectivity index (χ2n) is 8.47. The zero-order chi connectivity index (χ0) is 22.8. The smallest absolute Gasteiger partial charge is 0.263 e. The number of nitrogens with one attached hydrogen (secondary N) is 1. The molecule has 32 heavy (non-hydrogen) atoms. The minimum absolute atomic E-state index is 0.0389. The molecule has 170 valence electrons. The van der Waals surface area contributed by atoms with Crippen LogP contribution in [0.15, 0.2) is 28.2 Å². The number of thiophene rings is 1. The summed E-state index contributed by atoms with van der Waals surface area (Å²) in [7, 11) is 0. The van der Waals surface area contributed by atoms with Crippen LogP contribution < -0.4 is 10.9 Å². The fourth-order valence-corrected chi connectivity index (χ4v) is 6.79. The highest BCUT2D eigenvalue weighted by Crippen LogP contribution is 2.36. The Hall–Kier alpha value is -2.12. The molecular weight excluding hydrogens is 438 g/mol. The molecule has 1 unspecified atom stereocenters. The second kappa shape index (κ2) is 9.79. The molecule has 4 rings (SSSR count). The maximum atomic E-state index is 13.3. The van der Waals surface area contributed by atoms with Gasteiger partial charge in [-0.2, -0.15) is 0 Å². The molecule has 3 aromatic rings. The minimum Gasteiger partial charge on any atom is -0.325 e. The molecule has 1 aliphatic rings. The molecule has 0 saturated carbocycles. The third kappa shape index (κ3) is 4.37. The van der Waals surface area contributed by atoms with Crippen LogP contribution in [0.25, 0.3) is 10.2 Å². The van der Waals surface area contributed by atoms with E-state index in [0.717, 1.165) is 59.1 Å². The number of hydrogen-bond donors (Lipinski definition) is 1. The Balaban J connectivity index is 1.59. The fraction of sp³-hybridized carbons (Fsp3) is 0.480. The summed E-state index contributed by atoms with van der Waals surface area (Å²) in [4.78, 5) is 33.1. The molecule has 1 N–H and O–H groups in total. The monoisotopic (exact) mass is 469 g/mol. The average Bonchev–Trinajstić information content (AvgIpc) is 3.15. The largest absolute Gasteiger partial charge is 0.325 e. The number of hydrogen-bond acceptors (Lipinski definition) is 5. The van der Waals surface area contributed by atoms with Crippen molar-refractivity contribution in [1.29, 1.82) is 0 Å². The molecule has 1 aromatic carbocycles. The molecule has 2 heterocycles. The van der Waals surface area contributed by atoms with Crippen LogP contribution in [0.1, 0.15) is 55.7 Å². The van der Waals surface area contributed by atoms with Gasteiger partial charge < -0.3 is 5.32 Å². The van der Waals surface area contributed by atoms with E-state index in [2.05, 4.69) is 38.2 Å². The van der Waals surface area contributed by atoms with Crippen LogP contribution >= 0.6 is 23.1 Å². The van der Waals surface area contributed by atoms with Gasteiger partial charge in [0, 0.05) is 17.1 Å². The summed E-state index contributed by atoms with van der Waals surface area (Å²) in [6.45, 7) is 8.97. The third-order valence-corrected chi connectivity index (χ3v) is 8.42. The van der Waals surface area contributed by atoms with Crippen LogP contribution in [0.5, 0.6) is 0 Å². The number of carbonyl (C=O) groups excluding carboxylic acids is 1. The van der Waals surface area contributed by atoms with E-state index < -0.39 is 0 Å². The Morgan fingerprint density at radius 3 is 2.62 bits per heavy atom. The summed E-state index contributed by atoms with van der Waals surface area (Å²) < 4.78 is 1.72. The van der Waals surface area contributed by atoms with Crippen molar-refractivity contribution in [3.63, 3.8) is 0 Å². The van der Waals surface area contributed by atoms with Gasteiger partial charge >= 0.3 is 0 Å². The number of nitrogens with zero attached hydrogens (tertiary/aromatic N) is 2. The predicted octanol–water partition coefficient (Wildman–Crippen LogP) is 5.46. The number of fused-ring (bicyclic) bond motifs is 3. The summed E-state index contributed by atoms with van der Waals surface area (Å²) in [5.41, 5.74) is 4.47. The summed E-state index contributed by atoms with van der Waals surface area (Å²) >= 11 is 3.01. The van der Waals surface area contributed by atoms with Crippen molar-refractivity contribution in [2.24, 2.45) is 5.92 Å². The Kier molecular flexibility index (Phi) is 7.05. The predicted molar refractivity (Wildman–Crippen MR) is 135 cm³/mol. The molecule has 0 bridgehead atoms. The average molecular weight is 470 g/mol. The van der Waals surface area contributed by atoms with Crippen molar-refractivity contribution < 1.29 is 4.79 Å². The minimum atomic E-state index is -0.0677. The number of amides is 1. The summed E-state index contributed by atoms with van der Waals surface area (Å²) in [6.07, 6.45) is 4.85. The Morgan fingerprint density at radius 1 is 1.25 bits per heavy atom. The van der Waals surface area contributed by atoms with Gasteiger partial charge in [-0.1, -0.05) is 50.7 Å². The summed E-state index contributed by atoms with van der Waals surface area (Å²) in [5, 5.41) is 4.55. The van der Waals surface area contributed by atoms with Crippen LogP contribution in [0.2, 0.25) is 0 Å². The van der Waals surface area contributed by atoms with E-state index in [4.69, 9.17) is 4.98 Å². The lowest BCUT2D eigenvalue weighted by Crippen LogP contribution is -2.24. The van der Waals surface area contributed by atoms with Gasteiger partial charge in [-0.05, 0) is 61.6 Å². The quantitative estimate of drug-likeness (QED) is 0.369. The van der Waals surface area contributed by atoms with E-state index in [1.54, 1.807) is 15.9 Å². The topological polar surface area (TPSA) is 64.0 Å². The van der Waals surface area contributed by atoms with Gasteiger partial charge in [0.05, 0.1) is 11.1 Å². The highest BCUT2D eigenvalue weighted by molar-refractivity contribution is 7.99. The number of thioether (sulfide) groups is 1. The van der Waals surface area contributed by atoms with Gasteiger partial charge in [-0.3, -0.25) is 14.2 Å². The number of anilines is 1. The molecule has 0 fully saturated rings. The van der Waals surface area contributed by atoms with Gasteiger partial charge in [0.15, 0.2) is 5.16 Å². The van der Waals surface area contributed by atoms with E-state index in [1.807, 2.05) is 13.0 Å². The number of para-hydroxylation sites is 1. The Morgan fingerprint density at radius 2 is 1.97 bits per heavy atom. The number of aryl methyl sites for hydroxylation is 3. The van der Waals surface area contributed by atoms with Crippen LogP contribution in [0, 0.1) is 5.92 Å². The first kappa shape index (κ1) is 23.1. The SMILES string of the molecule is CCc1cccc(CC)c1NC(=O)CSc1nc2sc3c(c2c(=O)n1CC)CCC(C)C3. The van der Waals surface area contributed by atoms with Gasteiger partial charge in [-0.15, -0.1) is 11.3 Å². The van der Waals surface area contributed by atoms with Gasteiger partial charge in [0.25, 0.3) is 5.56 Å². The fourth-order valence-electron chi connectivity index (χ4n) is 4.50. The molecule has 0 spiro atoms. The Labute approximate surface area is 197 Å². The normalized spacial score (nSPS) is 15.7. The molecule has 0 radical (unpaired) electrons. The third-order valence-electron chi connectivity index (χ3n) is 6.29. The molecule has 1 amide bonds. The molecule has 5 nitrogen and oxygen atoms in total. The van der Waals surface area contributed by atoms with Crippen molar-refractivity contribution >= 4 is 44.9 Å². The zero-order valence-electron chi connectivity index (χ0n) is 19.3. The maximum Gasteiger partial charge on any atom is 0.263 e. The van der Waals surface area contributed by atoms with Crippen LogP contribution in [0.4, 0.5) is 5.69 Å². The number of aromatic nitrogens is 2. The summed E-state index contributed by atoms with van der Waals surface area (Å²) in [5.74, 6) is 0.809. The molecule has 7 heteroatoms. The molecule has 1 aliphatic carbocycles. The van der Waals surface area contributed by atoms with Crippen LogP contribution in [-0.4, -0.2) is 21.2 Å². The lowest BCUT2D eigenvalue weighted by Gasteiger charge is -2.17. The van der Waals surface area contributed by atoms with Gasteiger partial charge in [-0.25, -0.2) is 4.98 Å². The van der Waals surface area contributed by atoms with Crippen LogP contribution in [-0.2, 0) is 37.0 Å². The van der Waals surface area contributed by atoms with Crippen molar-refractivity contribution in [2.75, 3.05) is 11.1 Å².